The molecular weight excluding hydrogens is 272 g/mol. The van der Waals surface area contributed by atoms with E-state index in [0.717, 1.165) is 37.0 Å². The first-order valence-electron chi connectivity index (χ1n) is 8.54. The fraction of sp³-hybridized carbons (Fsp3) is 0.526. The second kappa shape index (κ2) is 6.76. The van der Waals surface area contributed by atoms with E-state index in [4.69, 9.17) is 4.98 Å². The van der Waals surface area contributed by atoms with E-state index in [2.05, 4.69) is 30.9 Å². The average molecular weight is 298 g/mol. The lowest BCUT2D eigenvalue weighted by atomic mass is 9.89. The van der Waals surface area contributed by atoms with Gasteiger partial charge in [-0.3, -0.25) is 4.98 Å². The molecular formula is C19H26N2O. The Morgan fingerprint density at radius 1 is 1.18 bits per heavy atom. The van der Waals surface area contributed by atoms with E-state index in [1.165, 1.54) is 29.4 Å². The van der Waals surface area contributed by atoms with Crippen LogP contribution in [0, 0.1) is 0 Å². The van der Waals surface area contributed by atoms with Gasteiger partial charge in [0.05, 0.1) is 11.6 Å². The largest absolute Gasteiger partial charge is 0.387 e. The number of rotatable bonds is 5. The first kappa shape index (κ1) is 15.4. The molecule has 1 aliphatic carbocycles. The third-order valence-electron chi connectivity index (χ3n) is 4.94. The number of aryl methyl sites for hydroxylation is 2. The van der Waals surface area contributed by atoms with Crippen LogP contribution in [0.3, 0.4) is 0 Å². The number of aliphatic hydroxyl groups excluding tert-OH is 1. The fourth-order valence-corrected chi connectivity index (χ4v) is 3.56. The van der Waals surface area contributed by atoms with Crippen LogP contribution in [0.15, 0.2) is 24.4 Å². The molecule has 0 fully saturated rings. The topological polar surface area (TPSA) is 36.4 Å². The van der Waals surface area contributed by atoms with Gasteiger partial charge in [0.2, 0.25) is 0 Å². The van der Waals surface area contributed by atoms with E-state index >= 15 is 0 Å². The van der Waals surface area contributed by atoms with Gasteiger partial charge in [0, 0.05) is 23.7 Å². The molecule has 0 bridgehead atoms. The van der Waals surface area contributed by atoms with E-state index in [0.29, 0.717) is 6.54 Å². The summed E-state index contributed by atoms with van der Waals surface area (Å²) >= 11 is 0. The maximum Gasteiger partial charge on any atom is 0.0937 e. The number of aromatic nitrogens is 1. The van der Waals surface area contributed by atoms with Gasteiger partial charge >= 0.3 is 0 Å². The van der Waals surface area contributed by atoms with Crippen molar-refractivity contribution in [1.29, 1.82) is 0 Å². The van der Waals surface area contributed by atoms with Crippen LogP contribution in [-0.2, 0) is 12.8 Å². The summed E-state index contributed by atoms with van der Waals surface area (Å²) < 4.78 is 0. The minimum absolute atomic E-state index is 0.474. The highest BCUT2D eigenvalue weighted by Crippen LogP contribution is 2.31. The molecule has 1 atom stereocenters. The van der Waals surface area contributed by atoms with E-state index in [-0.39, 0.29) is 0 Å². The molecule has 2 aromatic rings. The fourth-order valence-electron chi connectivity index (χ4n) is 3.56. The molecule has 1 heterocycles. The van der Waals surface area contributed by atoms with E-state index in [1.807, 2.05) is 12.3 Å². The normalized spacial score (nSPS) is 16.0. The molecule has 1 aliphatic rings. The monoisotopic (exact) mass is 298 g/mol. The van der Waals surface area contributed by atoms with Crippen molar-refractivity contribution in [2.24, 2.45) is 0 Å². The summed E-state index contributed by atoms with van der Waals surface area (Å²) in [5.41, 5.74) is 4.81. The van der Waals surface area contributed by atoms with Gasteiger partial charge in [0.1, 0.15) is 0 Å². The molecule has 1 aromatic heterocycles. The van der Waals surface area contributed by atoms with Gasteiger partial charge in [0.25, 0.3) is 0 Å². The van der Waals surface area contributed by atoms with E-state index in [1.54, 1.807) is 0 Å². The van der Waals surface area contributed by atoms with Gasteiger partial charge in [-0.1, -0.05) is 32.0 Å². The summed E-state index contributed by atoms with van der Waals surface area (Å²) in [4.78, 5) is 6.95. The molecule has 118 valence electrons. The maximum absolute atomic E-state index is 10.7. The number of nitrogens with zero attached hydrogens (tertiary/aromatic N) is 2. The Balaban J connectivity index is 2.00. The number of fused-ring (bicyclic) bond motifs is 3. The number of pyridine rings is 1. The van der Waals surface area contributed by atoms with Gasteiger partial charge in [-0.2, -0.15) is 0 Å². The molecule has 0 amide bonds. The molecule has 1 N–H and O–H groups in total. The Morgan fingerprint density at radius 3 is 2.73 bits per heavy atom. The van der Waals surface area contributed by atoms with Gasteiger partial charge in [0.15, 0.2) is 0 Å². The summed E-state index contributed by atoms with van der Waals surface area (Å²) in [6.45, 7) is 6.86. The minimum atomic E-state index is -0.474. The van der Waals surface area contributed by atoms with Crippen molar-refractivity contribution in [3.05, 3.63) is 41.1 Å². The first-order chi connectivity index (χ1) is 10.7. The molecule has 0 radical (unpaired) electrons. The number of para-hydroxylation sites is 1. The zero-order valence-electron chi connectivity index (χ0n) is 13.7. The molecule has 0 saturated heterocycles. The van der Waals surface area contributed by atoms with Crippen molar-refractivity contribution < 1.29 is 5.11 Å². The van der Waals surface area contributed by atoms with Crippen molar-refractivity contribution in [3.63, 3.8) is 0 Å². The van der Waals surface area contributed by atoms with Crippen LogP contribution in [0.25, 0.3) is 10.9 Å². The Labute approximate surface area is 133 Å². The number of hydrogen-bond donors (Lipinski definition) is 1. The summed E-state index contributed by atoms with van der Waals surface area (Å²) in [5, 5.41) is 11.9. The molecule has 0 saturated carbocycles. The second-order valence-electron chi connectivity index (χ2n) is 6.21. The smallest absolute Gasteiger partial charge is 0.0937 e. The Kier molecular flexibility index (Phi) is 4.74. The van der Waals surface area contributed by atoms with E-state index < -0.39 is 6.10 Å². The lowest BCUT2D eigenvalue weighted by Gasteiger charge is -2.24. The second-order valence-corrected chi connectivity index (χ2v) is 6.21. The molecule has 0 aliphatic heterocycles. The summed E-state index contributed by atoms with van der Waals surface area (Å²) in [7, 11) is 0. The Hall–Kier alpha value is -1.45. The van der Waals surface area contributed by atoms with Crippen LogP contribution in [0.4, 0.5) is 0 Å². The first-order valence-corrected chi connectivity index (χ1v) is 8.54. The zero-order valence-corrected chi connectivity index (χ0v) is 13.7. The van der Waals surface area contributed by atoms with Gasteiger partial charge in [-0.25, -0.2) is 0 Å². The highest BCUT2D eigenvalue weighted by molar-refractivity contribution is 5.86. The van der Waals surface area contributed by atoms with Crippen molar-refractivity contribution in [2.75, 3.05) is 19.6 Å². The minimum Gasteiger partial charge on any atom is -0.387 e. The summed E-state index contributed by atoms with van der Waals surface area (Å²) in [5.74, 6) is 0. The average Bonchev–Trinajstić information content (AvgIpc) is 2.58. The van der Waals surface area contributed by atoms with Crippen molar-refractivity contribution in [1.82, 2.24) is 9.88 Å². The van der Waals surface area contributed by atoms with Crippen LogP contribution >= 0.6 is 0 Å². The third-order valence-corrected chi connectivity index (χ3v) is 4.94. The predicted molar refractivity (Wildman–Crippen MR) is 91.1 cm³/mol. The highest BCUT2D eigenvalue weighted by atomic mass is 16.3. The van der Waals surface area contributed by atoms with Gasteiger partial charge in [-0.05, 0) is 49.9 Å². The maximum atomic E-state index is 10.7. The lowest BCUT2D eigenvalue weighted by molar-refractivity contribution is 0.120. The molecule has 3 rings (SSSR count). The Morgan fingerprint density at radius 2 is 1.95 bits per heavy atom. The standard InChI is InChI=1S/C19H26N2O/c1-3-21(4-2)13-18(22)17-11-7-10-16-15-9-6-5-8-14(15)12-20-19(16)17/h7,10-12,18,22H,3-6,8-9,13H2,1-2H3. The van der Waals surface area contributed by atoms with Crippen LogP contribution in [0.1, 0.15) is 49.5 Å². The van der Waals surface area contributed by atoms with Gasteiger partial charge < -0.3 is 10.0 Å². The molecule has 1 unspecified atom stereocenters. The molecule has 0 spiro atoms. The Bertz CT molecular complexity index is 649. The van der Waals surface area contributed by atoms with Crippen LogP contribution in [-0.4, -0.2) is 34.6 Å². The SMILES string of the molecule is CCN(CC)CC(O)c1cccc2c3c(cnc12)CCCC3. The van der Waals surface area contributed by atoms with Crippen molar-refractivity contribution in [3.8, 4) is 0 Å². The van der Waals surface area contributed by atoms with E-state index in [9.17, 15) is 5.11 Å². The van der Waals surface area contributed by atoms with Gasteiger partial charge in [-0.15, -0.1) is 0 Å². The summed E-state index contributed by atoms with van der Waals surface area (Å²) in [6.07, 6.45) is 6.37. The number of likely N-dealkylation sites (N-methyl/N-ethyl adjacent to an activating group) is 1. The van der Waals surface area contributed by atoms with Crippen LogP contribution in [0.2, 0.25) is 0 Å². The number of benzene rings is 1. The predicted octanol–water partition coefficient (Wildman–Crippen LogP) is 3.49. The molecule has 3 heteroatoms. The molecule has 3 nitrogen and oxygen atoms in total. The highest BCUT2D eigenvalue weighted by Gasteiger charge is 2.18. The third kappa shape index (κ3) is 2.88. The summed E-state index contributed by atoms with van der Waals surface area (Å²) in [6, 6.07) is 6.26. The number of hydrogen-bond acceptors (Lipinski definition) is 3. The lowest BCUT2D eigenvalue weighted by Crippen LogP contribution is -2.28. The molecule has 22 heavy (non-hydrogen) atoms. The zero-order chi connectivity index (χ0) is 15.5. The number of aliphatic hydroxyl groups is 1. The van der Waals surface area contributed by atoms with Crippen molar-refractivity contribution in [2.45, 2.75) is 45.6 Å². The van der Waals surface area contributed by atoms with Crippen LogP contribution < -0.4 is 0 Å². The molecule has 1 aromatic carbocycles. The van der Waals surface area contributed by atoms with Crippen molar-refractivity contribution >= 4 is 10.9 Å². The van der Waals surface area contributed by atoms with Crippen LogP contribution in [0.5, 0.6) is 0 Å². The quantitative estimate of drug-likeness (QED) is 0.918.